The maximum atomic E-state index is 8.95. The summed E-state index contributed by atoms with van der Waals surface area (Å²) < 4.78 is 0. The molecule has 0 bridgehead atoms. The molecule has 0 heterocycles. The molecule has 2 nitrogen and oxygen atoms in total. The first-order valence-electron chi connectivity index (χ1n) is 4.75. The number of rotatable bonds is 6. The standard InChI is InChI=1S/C11H17NOS/c1-14-6-5-12-8-10-3-2-4-11(7-10)9-13/h2-4,7,12-13H,5-6,8-9H2,1H3. The Morgan fingerprint density at radius 2 is 2.14 bits per heavy atom. The van der Waals surface area contributed by atoms with Crippen LogP contribution in [-0.4, -0.2) is 23.7 Å². The topological polar surface area (TPSA) is 32.3 Å². The number of thioether (sulfide) groups is 1. The minimum absolute atomic E-state index is 0.124. The second-order valence-corrected chi connectivity index (χ2v) is 4.13. The largest absolute Gasteiger partial charge is 0.392 e. The van der Waals surface area contributed by atoms with E-state index in [0.717, 1.165) is 24.4 Å². The van der Waals surface area contributed by atoms with Gasteiger partial charge in [0.15, 0.2) is 0 Å². The molecule has 0 aliphatic carbocycles. The fraction of sp³-hybridized carbons (Fsp3) is 0.455. The molecule has 0 amide bonds. The van der Waals surface area contributed by atoms with E-state index in [0.29, 0.717) is 0 Å². The lowest BCUT2D eigenvalue weighted by Gasteiger charge is -2.05. The van der Waals surface area contributed by atoms with Crippen molar-refractivity contribution >= 4 is 11.8 Å². The van der Waals surface area contributed by atoms with Crippen molar-refractivity contribution in [2.45, 2.75) is 13.2 Å². The summed E-state index contributed by atoms with van der Waals surface area (Å²) in [6.45, 7) is 2.04. The lowest BCUT2D eigenvalue weighted by molar-refractivity contribution is 0.281. The number of aliphatic hydroxyl groups is 1. The van der Waals surface area contributed by atoms with Crippen molar-refractivity contribution in [1.82, 2.24) is 5.32 Å². The summed E-state index contributed by atoms with van der Waals surface area (Å²) in [6, 6.07) is 8.03. The van der Waals surface area contributed by atoms with Crippen LogP contribution in [0, 0.1) is 0 Å². The Morgan fingerprint density at radius 1 is 1.36 bits per heavy atom. The van der Waals surface area contributed by atoms with Gasteiger partial charge in [0.1, 0.15) is 0 Å². The molecule has 0 radical (unpaired) electrons. The highest BCUT2D eigenvalue weighted by molar-refractivity contribution is 7.98. The average molecular weight is 211 g/mol. The van der Waals surface area contributed by atoms with Gasteiger partial charge in [-0.1, -0.05) is 24.3 Å². The zero-order valence-corrected chi connectivity index (χ0v) is 9.31. The summed E-state index contributed by atoms with van der Waals surface area (Å²) in [5, 5.41) is 12.3. The zero-order valence-electron chi connectivity index (χ0n) is 8.49. The molecule has 0 saturated heterocycles. The van der Waals surface area contributed by atoms with Crippen molar-refractivity contribution in [1.29, 1.82) is 0 Å². The number of aliphatic hydroxyl groups excluding tert-OH is 1. The fourth-order valence-electron chi connectivity index (χ4n) is 1.24. The predicted octanol–water partition coefficient (Wildman–Crippen LogP) is 1.63. The Bertz CT molecular complexity index is 265. The van der Waals surface area contributed by atoms with Crippen molar-refractivity contribution in [3.63, 3.8) is 0 Å². The first-order valence-corrected chi connectivity index (χ1v) is 6.14. The fourth-order valence-corrected chi connectivity index (χ4v) is 1.59. The zero-order chi connectivity index (χ0) is 10.2. The van der Waals surface area contributed by atoms with Crippen molar-refractivity contribution < 1.29 is 5.11 Å². The Morgan fingerprint density at radius 3 is 2.86 bits per heavy atom. The lowest BCUT2D eigenvalue weighted by Crippen LogP contribution is -2.16. The van der Waals surface area contributed by atoms with E-state index in [4.69, 9.17) is 5.11 Å². The van der Waals surface area contributed by atoms with Crippen LogP contribution in [0.15, 0.2) is 24.3 Å². The van der Waals surface area contributed by atoms with Crippen LogP contribution >= 0.6 is 11.8 Å². The molecule has 2 N–H and O–H groups in total. The molecule has 0 aromatic heterocycles. The third kappa shape index (κ3) is 4.13. The molecule has 3 heteroatoms. The molecule has 0 aliphatic heterocycles. The van der Waals surface area contributed by atoms with E-state index in [1.807, 2.05) is 30.0 Å². The average Bonchev–Trinajstić information content (AvgIpc) is 2.25. The Labute approximate surface area is 89.7 Å². The van der Waals surface area contributed by atoms with Gasteiger partial charge in [-0.2, -0.15) is 11.8 Å². The van der Waals surface area contributed by atoms with E-state index in [1.165, 1.54) is 5.56 Å². The maximum Gasteiger partial charge on any atom is 0.0681 e. The summed E-state index contributed by atoms with van der Waals surface area (Å²) in [5.41, 5.74) is 2.21. The minimum Gasteiger partial charge on any atom is -0.392 e. The molecule has 1 aromatic carbocycles. The summed E-state index contributed by atoms with van der Waals surface area (Å²) in [7, 11) is 0. The van der Waals surface area contributed by atoms with Gasteiger partial charge in [-0.05, 0) is 17.4 Å². The van der Waals surface area contributed by atoms with Gasteiger partial charge in [-0.3, -0.25) is 0 Å². The third-order valence-electron chi connectivity index (χ3n) is 1.99. The number of nitrogens with one attached hydrogen (secondary N) is 1. The van der Waals surface area contributed by atoms with Crippen LogP contribution in [0.4, 0.5) is 0 Å². The predicted molar refractivity (Wildman–Crippen MR) is 62.5 cm³/mol. The number of hydrogen-bond acceptors (Lipinski definition) is 3. The summed E-state index contributed by atoms with van der Waals surface area (Å²) >= 11 is 1.84. The van der Waals surface area contributed by atoms with Gasteiger partial charge in [-0.25, -0.2) is 0 Å². The summed E-state index contributed by atoms with van der Waals surface area (Å²) in [5.74, 6) is 1.14. The Balaban J connectivity index is 2.34. The molecular weight excluding hydrogens is 194 g/mol. The SMILES string of the molecule is CSCCNCc1cccc(CO)c1. The second-order valence-electron chi connectivity index (χ2n) is 3.15. The van der Waals surface area contributed by atoms with E-state index in [9.17, 15) is 0 Å². The van der Waals surface area contributed by atoms with Crippen LogP contribution in [0.5, 0.6) is 0 Å². The van der Waals surface area contributed by atoms with E-state index in [2.05, 4.69) is 17.6 Å². The van der Waals surface area contributed by atoms with Gasteiger partial charge < -0.3 is 10.4 Å². The van der Waals surface area contributed by atoms with Gasteiger partial charge in [0.25, 0.3) is 0 Å². The molecular formula is C11H17NOS. The monoisotopic (exact) mass is 211 g/mol. The number of benzene rings is 1. The smallest absolute Gasteiger partial charge is 0.0681 e. The van der Waals surface area contributed by atoms with E-state index >= 15 is 0 Å². The van der Waals surface area contributed by atoms with Crippen molar-refractivity contribution in [2.24, 2.45) is 0 Å². The first kappa shape index (κ1) is 11.6. The van der Waals surface area contributed by atoms with Crippen LogP contribution in [0.3, 0.4) is 0 Å². The highest BCUT2D eigenvalue weighted by atomic mass is 32.2. The normalized spacial score (nSPS) is 10.4. The molecule has 1 rings (SSSR count). The Hall–Kier alpha value is -0.510. The molecule has 0 unspecified atom stereocenters. The molecule has 14 heavy (non-hydrogen) atoms. The maximum absolute atomic E-state index is 8.95. The van der Waals surface area contributed by atoms with Crippen molar-refractivity contribution in [3.8, 4) is 0 Å². The van der Waals surface area contributed by atoms with Crippen molar-refractivity contribution in [3.05, 3.63) is 35.4 Å². The lowest BCUT2D eigenvalue weighted by atomic mass is 10.1. The van der Waals surface area contributed by atoms with Gasteiger partial charge in [0, 0.05) is 18.8 Å². The van der Waals surface area contributed by atoms with Crippen LogP contribution in [0.2, 0.25) is 0 Å². The molecule has 0 fully saturated rings. The molecule has 0 spiro atoms. The van der Waals surface area contributed by atoms with Gasteiger partial charge in [-0.15, -0.1) is 0 Å². The van der Waals surface area contributed by atoms with Crippen LogP contribution in [-0.2, 0) is 13.2 Å². The molecule has 0 atom stereocenters. The highest BCUT2D eigenvalue weighted by Crippen LogP contribution is 2.04. The highest BCUT2D eigenvalue weighted by Gasteiger charge is 1.94. The first-order chi connectivity index (χ1) is 6.86. The van der Waals surface area contributed by atoms with Crippen LogP contribution < -0.4 is 5.32 Å². The molecule has 0 saturated carbocycles. The molecule has 0 aliphatic rings. The third-order valence-corrected chi connectivity index (χ3v) is 2.60. The quantitative estimate of drug-likeness (QED) is 0.702. The van der Waals surface area contributed by atoms with Crippen LogP contribution in [0.25, 0.3) is 0 Å². The molecule has 1 aromatic rings. The van der Waals surface area contributed by atoms with Crippen LogP contribution in [0.1, 0.15) is 11.1 Å². The van der Waals surface area contributed by atoms with E-state index < -0.39 is 0 Å². The van der Waals surface area contributed by atoms with E-state index in [1.54, 1.807) is 0 Å². The van der Waals surface area contributed by atoms with E-state index in [-0.39, 0.29) is 6.61 Å². The van der Waals surface area contributed by atoms with Gasteiger partial charge >= 0.3 is 0 Å². The minimum atomic E-state index is 0.124. The van der Waals surface area contributed by atoms with Gasteiger partial charge in [0.2, 0.25) is 0 Å². The van der Waals surface area contributed by atoms with Gasteiger partial charge in [0.05, 0.1) is 6.61 Å². The second kappa shape index (κ2) is 6.87. The number of hydrogen-bond donors (Lipinski definition) is 2. The summed E-state index contributed by atoms with van der Waals surface area (Å²) in [4.78, 5) is 0. The summed E-state index contributed by atoms with van der Waals surface area (Å²) in [6.07, 6.45) is 2.11. The molecule has 78 valence electrons. The Kier molecular flexibility index (Phi) is 5.68. The van der Waals surface area contributed by atoms with Crippen molar-refractivity contribution in [2.75, 3.05) is 18.6 Å².